The van der Waals surface area contributed by atoms with E-state index < -0.39 is 0 Å². The van der Waals surface area contributed by atoms with Crippen molar-refractivity contribution in [1.82, 2.24) is 15.5 Å². The Balaban J connectivity index is 1.26. The van der Waals surface area contributed by atoms with E-state index in [1.807, 2.05) is 6.07 Å². The molecule has 2 aromatic rings. The molecule has 166 valence electrons. The van der Waals surface area contributed by atoms with Gasteiger partial charge in [-0.05, 0) is 36.0 Å². The first-order valence-corrected chi connectivity index (χ1v) is 11.3. The molecule has 0 radical (unpaired) electrons. The predicted octanol–water partition coefficient (Wildman–Crippen LogP) is 3.17. The van der Waals surface area contributed by atoms with Gasteiger partial charge in [0.25, 0.3) is 0 Å². The Kier molecular flexibility index (Phi) is 7.80. The topological polar surface area (TPSA) is 58.1 Å². The van der Waals surface area contributed by atoms with Gasteiger partial charge in [-0.15, -0.1) is 0 Å². The number of morpholine rings is 1. The summed E-state index contributed by atoms with van der Waals surface area (Å²) in [5.41, 5.74) is 3.74. The Labute approximate surface area is 185 Å². The first-order chi connectivity index (χ1) is 15.3. The highest BCUT2D eigenvalue weighted by molar-refractivity contribution is 5.79. The molecule has 31 heavy (non-hydrogen) atoms. The van der Waals surface area contributed by atoms with Gasteiger partial charge in [-0.3, -0.25) is 9.89 Å². The van der Waals surface area contributed by atoms with Crippen molar-refractivity contribution in [3.05, 3.63) is 65.2 Å². The van der Waals surface area contributed by atoms with E-state index in [9.17, 15) is 0 Å². The maximum Gasteiger partial charge on any atom is 0.191 e. The van der Waals surface area contributed by atoms with Crippen molar-refractivity contribution in [1.29, 1.82) is 0 Å². The van der Waals surface area contributed by atoms with Crippen LogP contribution in [0.15, 0.2) is 53.5 Å². The number of hydrogen-bond acceptors (Lipinski definition) is 4. The second-order valence-electron chi connectivity index (χ2n) is 8.35. The number of para-hydroxylation sites is 1. The molecule has 2 fully saturated rings. The van der Waals surface area contributed by atoms with Crippen LogP contribution in [0.25, 0.3) is 0 Å². The number of nitrogens with zero attached hydrogens (tertiary/aromatic N) is 2. The van der Waals surface area contributed by atoms with Crippen LogP contribution in [0.3, 0.4) is 0 Å². The molecular formula is C25H34N4O2. The van der Waals surface area contributed by atoms with Crippen LogP contribution in [-0.4, -0.2) is 50.8 Å². The lowest BCUT2D eigenvalue weighted by Crippen LogP contribution is -2.36. The standard InChI is InChI=1S/C25H34N4O2/c1-26-25(28-17-23-7-2-3-8-24(23)31-19-20-9-10-20)27-16-21-5-4-6-22(15-21)18-29-11-13-30-14-12-29/h2-8,15,20H,9-14,16-19H2,1H3,(H2,26,27,28). The molecule has 0 spiro atoms. The van der Waals surface area contributed by atoms with E-state index in [0.717, 1.165) is 69.2 Å². The zero-order valence-corrected chi connectivity index (χ0v) is 18.5. The molecule has 0 unspecified atom stereocenters. The molecule has 1 saturated carbocycles. The van der Waals surface area contributed by atoms with Gasteiger partial charge in [0.2, 0.25) is 0 Å². The monoisotopic (exact) mass is 422 g/mol. The molecule has 0 bridgehead atoms. The summed E-state index contributed by atoms with van der Waals surface area (Å²) in [5, 5.41) is 6.85. The van der Waals surface area contributed by atoms with Crippen LogP contribution in [0.5, 0.6) is 5.75 Å². The minimum absolute atomic E-state index is 0.678. The Morgan fingerprint density at radius 3 is 2.61 bits per heavy atom. The molecule has 6 nitrogen and oxygen atoms in total. The maximum absolute atomic E-state index is 6.02. The summed E-state index contributed by atoms with van der Waals surface area (Å²) in [7, 11) is 1.81. The van der Waals surface area contributed by atoms with Crippen molar-refractivity contribution in [2.45, 2.75) is 32.5 Å². The highest BCUT2D eigenvalue weighted by Crippen LogP contribution is 2.30. The molecule has 2 N–H and O–H groups in total. The van der Waals surface area contributed by atoms with Crippen LogP contribution in [0.1, 0.15) is 29.5 Å². The zero-order valence-electron chi connectivity index (χ0n) is 18.5. The molecule has 2 aromatic carbocycles. The van der Waals surface area contributed by atoms with E-state index >= 15 is 0 Å². The molecule has 4 rings (SSSR count). The molecule has 2 aliphatic rings. The van der Waals surface area contributed by atoms with Crippen LogP contribution in [0, 0.1) is 5.92 Å². The summed E-state index contributed by atoms with van der Waals surface area (Å²) in [6, 6.07) is 17.0. The number of rotatable bonds is 9. The van der Waals surface area contributed by atoms with Gasteiger partial charge in [0, 0.05) is 45.3 Å². The van der Waals surface area contributed by atoms with E-state index in [-0.39, 0.29) is 0 Å². The van der Waals surface area contributed by atoms with Crippen molar-refractivity contribution < 1.29 is 9.47 Å². The molecular weight excluding hydrogens is 388 g/mol. The second-order valence-corrected chi connectivity index (χ2v) is 8.35. The average molecular weight is 423 g/mol. The fraction of sp³-hybridized carbons (Fsp3) is 0.480. The maximum atomic E-state index is 6.02. The quantitative estimate of drug-likeness (QED) is 0.480. The van der Waals surface area contributed by atoms with E-state index in [4.69, 9.17) is 9.47 Å². The summed E-state index contributed by atoms with van der Waals surface area (Å²) in [6.07, 6.45) is 2.59. The highest BCUT2D eigenvalue weighted by atomic mass is 16.5. The van der Waals surface area contributed by atoms with E-state index in [2.05, 4.69) is 63.0 Å². The van der Waals surface area contributed by atoms with Gasteiger partial charge in [0.15, 0.2) is 5.96 Å². The van der Waals surface area contributed by atoms with Crippen molar-refractivity contribution in [2.24, 2.45) is 10.9 Å². The molecule has 1 aliphatic heterocycles. The summed E-state index contributed by atoms with van der Waals surface area (Å²) in [6.45, 7) is 6.88. The Bertz CT molecular complexity index is 860. The van der Waals surface area contributed by atoms with E-state index in [1.54, 1.807) is 7.05 Å². The molecule has 0 atom stereocenters. The number of aliphatic imine (C=N–C) groups is 1. The first kappa shape index (κ1) is 21.7. The van der Waals surface area contributed by atoms with Crippen LogP contribution >= 0.6 is 0 Å². The number of benzene rings is 2. The molecule has 1 saturated heterocycles. The van der Waals surface area contributed by atoms with E-state index in [0.29, 0.717) is 6.54 Å². The summed E-state index contributed by atoms with van der Waals surface area (Å²) in [4.78, 5) is 6.82. The lowest BCUT2D eigenvalue weighted by Gasteiger charge is -2.26. The van der Waals surface area contributed by atoms with Gasteiger partial charge in [0.1, 0.15) is 5.75 Å². The number of ether oxygens (including phenoxy) is 2. The smallest absolute Gasteiger partial charge is 0.191 e. The molecule has 0 aromatic heterocycles. The fourth-order valence-corrected chi connectivity index (χ4v) is 3.72. The van der Waals surface area contributed by atoms with Crippen molar-refractivity contribution >= 4 is 5.96 Å². The van der Waals surface area contributed by atoms with Crippen LogP contribution < -0.4 is 15.4 Å². The predicted molar refractivity (Wildman–Crippen MR) is 124 cm³/mol. The van der Waals surface area contributed by atoms with Gasteiger partial charge in [-0.1, -0.05) is 42.5 Å². The van der Waals surface area contributed by atoms with Crippen molar-refractivity contribution in [2.75, 3.05) is 40.0 Å². The number of nitrogens with one attached hydrogen (secondary N) is 2. The minimum Gasteiger partial charge on any atom is -0.493 e. The Morgan fingerprint density at radius 1 is 1.03 bits per heavy atom. The lowest BCUT2D eigenvalue weighted by molar-refractivity contribution is 0.0342. The third kappa shape index (κ3) is 6.97. The highest BCUT2D eigenvalue weighted by Gasteiger charge is 2.22. The average Bonchev–Trinajstić information content (AvgIpc) is 3.64. The summed E-state index contributed by atoms with van der Waals surface area (Å²) >= 11 is 0. The second kappa shape index (κ2) is 11.2. The zero-order chi connectivity index (χ0) is 21.3. The summed E-state index contributed by atoms with van der Waals surface area (Å²) in [5.74, 6) is 2.50. The van der Waals surface area contributed by atoms with Crippen molar-refractivity contribution in [3.63, 3.8) is 0 Å². The van der Waals surface area contributed by atoms with Gasteiger partial charge >= 0.3 is 0 Å². The third-order valence-corrected chi connectivity index (χ3v) is 5.78. The van der Waals surface area contributed by atoms with Gasteiger partial charge in [0.05, 0.1) is 19.8 Å². The Morgan fingerprint density at radius 2 is 1.81 bits per heavy atom. The van der Waals surface area contributed by atoms with Crippen LogP contribution in [0.4, 0.5) is 0 Å². The molecule has 1 heterocycles. The SMILES string of the molecule is CN=C(NCc1cccc(CN2CCOCC2)c1)NCc1ccccc1OCC1CC1. The van der Waals surface area contributed by atoms with Crippen LogP contribution in [0.2, 0.25) is 0 Å². The van der Waals surface area contributed by atoms with Gasteiger partial charge < -0.3 is 20.1 Å². The normalized spacial score (nSPS) is 17.4. The largest absolute Gasteiger partial charge is 0.493 e. The van der Waals surface area contributed by atoms with Crippen molar-refractivity contribution in [3.8, 4) is 5.75 Å². The fourth-order valence-electron chi connectivity index (χ4n) is 3.72. The summed E-state index contributed by atoms with van der Waals surface area (Å²) < 4.78 is 11.5. The first-order valence-electron chi connectivity index (χ1n) is 11.3. The third-order valence-electron chi connectivity index (χ3n) is 5.78. The molecule has 1 aliphatic carbocycles. The van der Waals surface area contributed by atoms with Crippen LogP contribution in [-0.2, 0) is 24.4 Å². The molecule has 0 amide bonds. The number of guanidine groups is 1. The van der Waals surface area contributed by atoms with E-state index in [1.165, 1.54) is 24.0 Å². The lowest BCUT2D eigenvalue weighted by atomic mass is 10.1. The number of hydrogen-bond donors (Lipinski definition) is 2. The molecule has 6 heteroatoms. The minimum atomic E-state index is 0.678. The van der Waals surface area contributed by atoms with Gasteiger partial charge in [-0.2, -0.15) is 0 Å². The van der Waals surface area contributed by atoms with Gasteiger partial charge in [-0.25, -0.2) is 0 Å². The Hall–Kier alpha value is -2.57.